The van der Waals surface area contributed by atoms with E-state index >= 15 is 0 Å². The predicted molar refractivity (Wildman–Crippen MR) is 66.1 cm³/mol. The molecule has 0 bridgehead atoms. The number of hydrogen-bond acceptors (Lipinski definition) is 4. The lowest BCUT2D eigenvalue weighted by atomic mass is 9.98. The van der Waals surface area contributed by atoms with Gasteiger partial charge < -0.3 is 5.32 Å². The van der Waals surface area contributed by atoms with Crippen LogP contribution in [0.4, 0.5) is 11.5 Å². The Hall–Kier alpha value is -1.65. The molecule has 92 valence electrons. The van der Waals surface area contributed by atoms with Crippen molar-refractivity contribution < 1.29 is 4.92 Å². The minimum absolute atomic E-state index is 0.0845. The van der Waals surface area contributed by atoms with Crippen molar-refractivity contribution in [3.05, 3.63) is 27.9 Å². The molecule has 5 heteroatoms. The van der Waals surface area contributed by atoms with E-state index in [4.69, 9.17) is 0 Å². The Labute approximate surface area is 100 Å². The fourth-order valence-corrected chi connectivity index (χ4v) is 2.08. The van der Waals surface area contributed by atoms with Gasteiger partial charge in [0.05, 0.1) is 4.92 Å². The lowest BCUT2D eigenvalue weighted by Gasteiger charge is -2.26. The summed E-state index contributed by atoms with van der Waals surface area (Å²) in [6, 6.07) is 1.66. The van der Waals surface area contributed by atoms with E-state index in [1.165, 1.54) is 12.8 Å². The molecule has 0 spiro atoms. The first-order chi connectivity index (χ1) is 7.92. The Morgan fingerprint density at radius 2 is 2.18 bits per heavy atom. The quantitative estimate of drug-likeness (QED) is 0.643. The van der Waals surface area contributed by atoms with Gasteiger partial charge in [0.2, 0.25) is 5.82 Å². The molecule has 1 aliphatic carbocycles. The summed E-state index contributed by atoms with van der Waals surface area (Å²) in [4.78, 5) is 14.8. The van der Waals surface area contributed by atoms with Crippen molar-refractivity contribution in [1.82, 2.24) is 4.98 Å². The van der Waals surface area contributed by atoms with Gasteiger partial charge in [0, 0.05) is 17.3 Å². The average molecular weight is 235 g/mol. The third-order valence-electron chi connectivity index (χ3n) is 3.35. The average Bonchev–Trinajstić information content (AvgIpc) is 2.98. The number of nitro groups is 1. The van der Waals surface area contributed by atoms with E-state index in [1.807, 2.05) is 0 Å². The van der Waals surface area contributed by atoms with Crippen LogP contribution in [0.25, 0.3) is 0 Å². The minimum atomic E-state index is -0.367. The number of aromatic nitrogens is 1. The van der Waals surface area contributed by atoms with E-state index in [-0.39, 0.29) is 16.1 Å². The van der Waals surface area contributed by atoms with Gasteiger partial charge in [-0.1, -0.05) is 0 Å². The third kappa shape index (κ3) is 2.38. The number of hydrogen-bond donors (Lipinski definition) is 1. The molecule has 1 fully saturated rings. The summed E-state index contributed by atoms with van der Waals surface area (Å²) < 4.78 is 0. The Balaban J connectivity index is 2.32. The van der Waals surface area contributed by atoms with Crippen LogP contribution in [0.15, 0.2) is 12.3 Å². The standard InChI is InChI=1S/C12H17N3O2/c1-8-6-7-13-11(10(8)15(16)17)14-12(2,3)9-4-5-9/h6-7,9H,4-5H2,1-3H3,(H,13,14). The Morgan fingerprint density at radius 3 is 2.71 bits per heavy atom. The summed E-state index contributed by atoms with van der Waals surface area (Å²) in [5.41, 5.74) is 0.589. The van der Waals surface area contributed by atoms with Crippen molar-refractivity contribution in [1.29, 1.82) is 0 Å². The second-order valence-electron chi connectivity index (χ2n) is 5.20. The van der Waals surface area contributed by atoms with Crippen LogP contribution in [0.5, 0.6) is 0 Å². The first-order valence-corrected chi connectivity index (χ1v) is 5.80. The van der Waals surface area contributed by atoms with Gasteiger partial charge in [0.1, 0.15) is 0 Å². The van der Waals surface area contributed by atoms with Crippen molar-refractivity contribution in [3.63, 3.8) is 0 Å². The molecule has 1 aromatic heterocycles. The molecule has 17 heavy (non-hydrogen) atoms. The van der Waals surface area contributed by atoms with E-state index in [0.717, 1.165) is 0 Å². The Kier molecular flexibility index (Phi) is 2.77. The molecule has 0 aliphatic heterocycles. The SMILES string of the molecule is Cc1ccnc(NC(C)(C)C2CC2)c1[N+](=O)[O-]. The molecule has 1 aliphatic rings. The zero-order chi connectivity index (χ0) is 12.6. The van der Waals surface area contributed by atoms with Crippen LogP contribution in [-0.2, 0) is 0 Å². The number of rotatable bonds is 4. The Bertz CT molecular complexity index is 453. The zero-order valence-electron chi connectivity index (χ0n) is 10.4. The molecule has 1 aromatic rings. The smallest absolute Gasteiger partial charge is 0.314 e. The number of nitrogens with one attached hydrogen (secondary N) is 1. The van der Waals surface area contributed by atoms with E-state index in [1.54, 1.807) is 19.2 Å². The monoisotopic (exact) mass is 235 g/mol. The van der Waals surface area contributed by atoms with Gasteiger partial charge in [0.15, 0.2) is 0 Å². The number of pyridine rings is 1. The molecule has 0 aromatic carbocycles. The molecular formula is C12H17N3O2. The molecular weight excluding hydrogens is 218 g/mol. The van der Waals surface area contributed by atoms with Crippen molar-refractivity contribution >= 4 is 11.5 Å². The predicted octanol–water partition coefficient (Wildman–Crippen LogP) is 2.90. The van der Waals surface area contributed by atoms with Gasteiger partial charge in [-0.25, -0.2) is 4.98 Å². The van der Waals surface area contributed by atoms with Gasteiger partial charge in [0.25, 0.3) is 0 Å². The van der Waals surface area contributed by atoms with Gasteiger partial charge >= 0.3 is 5.69 Å². The van der Waals surface area contributed by atoms with Crippen molar-refractivity contribution in [2.45, 2.75) is 39.2 Å². The fraction of sp³-hybridized carbons (Fsp3) is 0.583. The molecule has 1 heterocycles. The molecule has 0 amide bonds. The number of nitrogens with zero attached hydrogens (tertiary/aromatic N) is 2. The molecule has 1 N–H and O–H groups in total. The van der Waals surface area contributed by atoms with Gasteiger partial charge in [-0.05, 0) is 45.6 Å². The minimum Gasteiger partial charge on any atom is -0.359 e. The van der Waals surface area contributed by atoms with Crippen LogP contribution in [-0.4, -0.2) is 15.4 Å². The van der Waals surface area contributed by atoms with E-state index in [9.17, 15) is 10.1 Å². The highest BCUT2D eigenvalue weighted by atomic mass is 16.6. The summed E-state index contributed by atoms with van der Waals surface area (Å²) in [5, 5.41) is 14.3. The second kappa shape index (κ2) is 3.98. The summed E-state index contributed by atoms with van der Waals surface area (Å²) in [5.74, 6) is 0.969. The fourth-order valence-electron chi connectivity index (χ4n) is 2.08. The first kappa shape index (κ1) is 11.8. The van der Waals surface area contributed by atoms with Crippen molar-refractivity contribution in [2.75, 3.05) is 5.32 Å². The summed E-state index contributed by atoms with van der Waals surface area (Å²) >= 11 is 0. The highest BCUT2D eigenvalue weighted by Gasteiger charge is 2.39. The van der Waals surface area contributed by atoms with Crippen molar-refractivity contribution in [2.24, 2.45) is 5.92 Å². The maximum Gasteiger partial charge on any atom is 0.314 e. The molecule has 1 saturated carbocycles. The van der Waals surface area contributed by atoms with Crippen LogP contribution in [0.1, 0.15) is 32.3 Å². The summed E-state index contributed by atoms with van der Waals surface area (Å²) in [6.07, 6.45) is 3.97. The molecule has 0 saturated heterocycles. The molecule has 2 rings (SSSR count). The second-order valence-corrected chi connectivity index (χ2v) is 5.20. The van der Waals surface area contributed by atoms with E-state index in [2.05, 4.69) is 24.1 Å². The summed E-state index contributed by atoms with van der Waals surface area (Å²) in [7, 11) is 0. The third-order valence-corrected chi connectivity index (χ3v) is 3.35. The summed E-state index contributed by atoms with van der Waals surface area (Å²) in [6.45, 7) is 5.87. The highest BCUT2D eigenvalue weighted by molar-refractivity contribution is 5.60. The van der Waals surface area contributed by atoms with Gasteiger partial charge in [-0.15, -0.1) is 0 Å². The normalized spacial score (nSPS) is 15.7. The maximum atomic E-state index is 11.0. The molecule has 5 nitrogen and oxygen atoms in total. The maximum absolute atomic E-state index is 11.0. The van der Waals surface area contributed by atoms with Crippen LogP contribution < -0.4 is 5.32 Å². The van der Waals surface area contributed by atoms with E-state index in [0.29, 0.717) is 17.3 Å². The van der Waals surface area contributed by atoms with Gasteiger partial charge in [-0.3, -0.25) is 10.1 Å². The largest absolute Gasteiger partial charge is 0.359 e. The van der Waals surface area contributed by atoms with E-state index < -0.39 is 0 Å². The molecule has 0 atom stereocenters. The lowest BCUT2D eigenvalue weighted by molar-refractivity contribution is -0.384. The zero-order valence-corrected chi connectivity index (χ0v) is 10.4. The Morgan fingerprint density at radius 1 is 1.53 bits per heavy atom. The van der Waals surface area contributed by atoms with Crippen LogP contribution in [0, 0.1) is 23.0 Å². The van der Waals surface area contributed by atoms with Crippen LogP contribution in [0.2, 0.25) is 0 Å². The molecule has 0 unspecified atom stereocenters. The topological polar surface area (TPSA) is 68.1 Å². The van der Waals surface area contributed by atoms with Crippen LogP contribution >= 0.6 is 0 Å². The molecule has 0 radical (unpaired) electrons. The van der Waals surface area contributed by atoms with Crippen LogP contribution in [0.3, 0.4) is 0 Å². The lowest BCUT2D eigenvalue weighted by Crippen LogP contribution is -2.34. The number of aryl methyl sites for hydroxylation is 1. The highest BCUT2D eigenvalue weighted by Crippen LogP contribution is 2.42. The van der Waals surface area contributed by atoms with Gasteiger partial charge in [-0.2, -0.15) is 0 Å². The van der Waals surface area contributed by atoms with Crippen molar-refractivity contribution in [3.8, 4) is 0 Å². The first-order valence-electron chi connectivity index (χ1n) is 5.80. The number of anilines is 1.